The Balaban J connectivity index is 1.45. The molecule has 5 N–H and O–H groups in total. The van der Waals surface area contributed by atoms with E-state index in [0.29, 0.717) is 12.0 Å². The molecule has 3 saturated heterocycles. The van der Waals surface area contributed by atoms with E-state index in [1.54, 1.807) is 55.5 Å². The summed E-state index contributed by atoms with van der Waals surface area (Å²) >= 11 is 0. The van der Waals surface area contributed by atoms with Gasteiger partial charge < -0.3 is 45.6 Å². The summed E-state index contributed by atoms with van der Waals surface area (Å²) in [5.41, 5.74) is 0.427. The van der Waals surface area contributed by atoms with E-state index >= 15 is 0 Å². The number of esters is 1. The number of nitrogens with one attached hydrogen (secondary N) is 3. The molecule has 6 rings (SSSR count). The number of Topliss-reactive ketones (excluding diaryl/α,β-unsaturated/α-hetero) is 1. The van der Waals surface area contributed by atoms with Crippen LogP contribution in [0.15, 0.2) is 79.0 Å². The van der Waals surface area contributed by atoms with Gasteiger partial charge in [-0.3, -0.25) is 33.6 Å². The topological polar surface area (TPSA) is 245 Å². The highest BCUT2D eigenvalue weighted by molar-refractivity contribution is 6.01. The molecule has 18 heteroatoms. The van der Waals surface area contributed by atoms with Crippen LogP contribution in [0, 0.1) is 0 Å². The van der Waals surface area contributed by atoms with Crippen molar-refractivity contribution < 1.29 is 53.3 Å². The number of ketones is 1. The number of amides is 6. The number of fused-ring (bicyclic) bond motifs is 2. The molecule has 0 bridgehead atoms. The van der Waals surface area contributed by atoms with Crippen LogP contribution in [0.1, 0.15) is 67.2 Å². The van der Waals surface area contributed by atoms with E-state index in [9.17, 15) is 48.6 Å². The first-order chi connectivity index (χ1) is 29.2. The van der Waals surface area contributed by atoms with Gasteiger partial charge in [-0.1, -0.05) is 67.6 Å². The molecule has 18 nitrogen and oxygen atoms in total. The minimum atomic E-state index is -1.71. The number of aromatic hydroxyl groups is 1. The van der Waals surface area contributed by atoms with Crippen molar-refractivity contribution in [1.82, 2.24) is 35.6 Å². The number of hydrogen-bond donors (Lipinski definition) is 5. The standard InChI is InChI=1S/C43H49N7O11/c1-4-27-40(57)49-20-12-17-28(49)41(58)48(3)30(21-25-13-7-5-8-14-25)42(59)50-23-33(53)32(52)22-29(50)37(54)47-35(26-15-9-6-10-16-26)43(60)61-24(2)34(38(55)45-27)46-39(56)36-31(51)18-11-19-44-36/h5-11,13-16,18-19,24,27-30,33-35,51,53H,4,12,17,20-23H2,1-3H3,(H,45,55)(H,46,56)(H,47,54)/t24-,27-,28+,29+,30+,33?,34+,35+/m1/s1. The Morgan fingerprint density at radius 3 is 2.23 bits per heavy atom. The smallest absolute Gasteiger partial charge is 0.333 e. The van der Waals surface area contributed by atoms with Gasteiger partial charge in [0, 0.05) is 32.6 Å². The van der Waals surface area contributed by atoms with E-state index in [0.717, 1.165) is 4.90 Å². The normalized spacial score (nSPS) is 27.1. The van der Waals surface area contributed by atoms with Crippen LogP contribution in [-0.4, -0.2) is 140 Å². The van der Waals surface area contributed by atoms with Gasteiger partial charge in [0.05, 0.1) is 6.54 Å². The molecular formula is C43H49N7O11. The number of aliphatic hydroxyl groups is 1. The van der Waals surface area contributed by atoms with Gasteiger partial charge in [-0.05, 0) is 49.4 Å². The third-order valence-corrected chi connectivity index (χ3v) is 11.3. The lowest BCUT2D eigenvalue weighted by atomic mass is 9.94. The number of rotatable bonds is 6. The summed E-state index contributed by atoms with van der Waals surface area (Å²) in [6.45, 7) is 2.49. The number of nitrogens with zero attached hydrogens (tertiary/aromatic N) is 4. The highest BCUT2D eigenvalue weighted by atomic mass is 16.5. The molecule has 0 spiro atoms. The number of benzene rings is 2. The van der Waals surface area contributed by atoms with Gasteiger partial charge in [0.1, 0.15) is 48.2 Å². The quantitative estimate of drug-likeness (QED) is 0.209. The monoisotopic (exact) mass is 839 g/mol. The maximum atomic E-state index is 14.8. The van der Waals surface area contributed by atoms with Crippen LogP contribution in [0.5, 0.6) is 5.75 Å². The number of hydrogen-bond acceptors (Lipinski definition) is 12. The van der Waals surface area contributed by atoms with Crippen LogP contribution in [0.2, 0.25) is 0 Å². The predicted molar refractivity (Wildman–Crippen MR) is 215 cm³/mol. The first-order valence-electron chi connectivity index (χ1n) is 20.1. The number of ether oxygens (including phenoxy) is 1. The van der Waals surface area contributed by atoms with Gasteiger partial charge in [-0.15, -0.1) is 0 Å². The number of carbonyl (C=O) groups excluding carboxylic acids is 8. The molecule has 1 unspecified atom stereocenters. The molecule has 4 heterocycles. The third kappa shape index (κ3) is 9.70. The van der Waals surface area contributed by atoms with Crippen LogP contribution in [0.3, 0.4) is 0 Å². The van der Waals surface area contributed by atoms with Crippen molar-refractivity contribution in [3.05, 3.63) is 95.8 Å². The number of aromatic nitrogens is 1. The lowest BCUT2D eigenvalue weighted by Crippen LogP contribution is -2.63. The van der Waals surface area contributed by atoms with Crippen LogP contribution in [0.25, 0.3) is 0 Å². The summed E-state index contributed by atoms with van der Waals surface area (Å²) in [7, 11) is 1.41. The Labute approximate surface area is 351 Å². The van der Waals surface area contributed by atoms with Gasteiger partial charge in [-0.2, -0.15) is 0 Å². The highest BCUT2D eigenvalue weighted by Crippen LogP contribution is 2.26. The maximum absolute atomic E-state index is 14.8. The molecule has 1 aromatic heterocycles. The van der Waals surface area contributed by atoms with Gasteiger partial charge in [-0.25, -0.2) is 9.78 Å². The molecule has 3 aromatic rings. The molecule has 8 atom stereocenters. The number of carbonyl (C=O) groups is 8. The fourth-order valence-electron chi connectivity index (χ4n) is 7.88. The number of likely N-dealkylation sites (N-methyl/N-ethyl adjacent to an activating group) is 1. The predicted octanol–water partition coefficient (Wildman–Crippen LogP) is 0.175. The van der Waals surface area contributed by atoms with Crippen molar-refractivity contribution in [2.45, 2.75) is 94.4 Å². The fourth-order valence-corrected chi connectivity index (χ4v) is 7.88. The Morgan fingerprint density at radius 2 is 1.56 bits per heavy atom. The zero-order chi connectivity index (χ0) is 44.0. The summed E-state index contributed by atoms with van der Waals surface area (Å²) in [4.78, 5) is 120. The largest absolute Gasteiger partial charge is 0.505 e. The van der Waals surface area contributed by atoms with Crippen LogP contribution in [0.4, 0.5) is 0 Å². The molecule has 322 valence electrons. The van der Waals surface area contributed by atoms with Crippen molar-refractivity contribution in [3.63, 3.8) is 0 Å². The van der Waals surface area contributed by atoms with E-state index in [1.165, 1.54) is 54.2 Å². The maximum Gasteiger partial charge on any atom is 0.333 e. The minimum absolute atomic E-state index is 0.0364. The second-order valence-electron chi connectivity index (χ2n) is 15.3. The summed E-state index contributed by atoms with van der Waals surface area (Å²) in [6, 6.07) is 10.8. The van der Waals surface area contributed by atoms with Crippen molar-refractivity contribution >= 4 is 47.2 Å². The lowest BCUT2D eigenvalue weighted by Gasteiger charge is -2.41. The van der Waals surface area contributed by atoms with E-state index in [2.05, 4.69) is 20.9 Å². The molecule has 6 amide bonds. The summed E-state index contributed by atoms with van der Waals surface area (Å²) in [6.07, 6.45) is -1.88. The Morgan fingerprint density at radius 1 is 0.869 bits per heavy atom. The van der Waals surface area contributed by atoms with E-state index < -0.39 is 120 Å². The van der Waals surface area contributed by atoms with Crippen LogP contribution >= 0.6 is 0 Å². The molecular weight excluding hydrogens is 791 g/mol. The molecule has 0 radical (unpaired) electrons. The Bertz CT molecular complexity index is 2160. The average molecular weight is 840 g/mol. The van der Waals surface area contributed by atoms with Gasteiger partial charge in [0.15, 0.2) is 17.5 Å². The zero-order valence-electron chi connectivity index (χ0n) is 33.9. The van der Waals surface area contributed by atoms with Crippen molar-refractivity contribution in [2.24, 2.45) is 0 Å². The van der Waals surface area contributed by atoms with E-state index in [4.69, 9.17) is 4.74 Å². The molecule has 3 aliphatic heterocycles. The number of aliphatic hydroxyl groups excluding tert-OH is 1. The fraction of sp³-hybridized carbons (Fsp3) is 0.419. The summed E-state index contributed by atoms with van der Waals surface area (Å²) in [5, 5.41) is 28.9. The van der Waals surface area contributed by atoms with E-state index in [-0.39, 0.29) is 31.4 Å². The third-order valence-electron chi connectivity index (χ3n) is 11.3. The van der Waals surface area contributed by atoms with Crippen molar-refractivity contribution in [2.75, 3.05) is 20.1 Å². The average Bonchev–Trinajstić information content (AvgIpc) is 3.76. The van der Waals surface area contributed by atoms with E-state index in [1.807, 2.05) is 0 Å². The zero-order valence-corrected chi connectivity index (χ0v) is 33.9. The molecule has 61 heavy (non-hydrogen) atoms. The lowest BCUT2D eigenvalue weighted by molar-refractivity contribution is -0.159. The van der Waals surface area contributed by atoms with Gasteiger partial charge in [0.2, 0.25) is 29.5 Å². The molecule has 3 aliphatic rings. The first-order valence-corrected chi connectivity index (χ1v) is 20.1. The second-order valence-corrected chi connectivity index (χ2v) is 15.3. The Hall–Kier alpha value is -6.69. The number of piperidine rings is 1. The number of pyridine rings is 1. The Kier molecular flexibility index (Phi) is 13.8. The van der Waals surface area contributed by atoms with Gasteiger partial charge >= 0.3 is 5.97 Å². The first kappa shape index (κ1) is 43.9. The highest BCUT2D eigenvalue weighted by Gasteiger charge is 2.47. The molecule has 0 aliphatic carbocycles. The molecule has 2 aromatic carbocycles. The second kappa shape index (κ2) is 19.1. The summed E-state index contributed by atoms with van der Waals surface area (Å²) in [5.74, 6) is -7.22. The van der Waals surface area contributed by atoms with Crippen molar-refractivity contribution in [1.29, 1.82) is 0 Å². The molecule has 3 fully saturated rings. The van der Waals surface area contributed by atoms with Gasteiger partial charge in [0.25, 0.3) is 5.91 Å². The SMILES string of the molecule is CC[C@H]1NC(=O)[C@@H](NC(=O)c2ncccc2O)[C@@H](C)OC(=O)[C@H](c2ccccc2)NC(=O)[C@@H]2CC(=O)C(O)CN2C(=O)[C@H](Cc2ccccc2)N(C)C(=O)[C@@H]2CCCN2C1=O. The van der Waals surface area contributed by atoms with Crippen LogP contribution < -0.4 is 16.0 Å². The van der Waals surface area contributed by atoms with Crippen LogP contribution in [-0.2, 0) is 44.7 Å². The van der Waals surface area contributed by atoms with Crippen molar-refractivity contribution in [3.8, 4) is 5.75 Å². The summed E-state index contributed by atoms with van der Waals surface area (Å²) < 4.78 is 5.81. The molecule has 0 saturated carbocycles. The minimum Gasteiger partial charge on any atom is -0.505 e. The number of cyclic esters (lactones) is 1.